The molecule has 0 aliphatic heterocycles. The molecule has 100 valence electrons. The molecule has 0 heterocycles. The van der Waals surface area contributed by atoms with E-state index in [1.807, 2.05) is 19.2 Å². The molecule has 0 fully saturated rings. The van der Waals surface area contributed by atoms with E-state index >= 15 is 0 Å². The number of nitrogens with one attached hydrogen (secondary N) is 1. The molecule has 0 aliphatic carbocycles. The number of halogens is 3. The summed E-state index contributed by atoms with van der Waals surface area (Å²) >= 11 is 0. The van der Waals surface area contributed by atoms with Gasteiger partial charge in [0.25, 0.3) is 0 Å². The predicted octanol–water partition coefficient (Wildman–Crippen LogP) is 2.42. The van der Waals surface area contributed by atoms with Crippen LogP contribution in [0.3, 0.4) is 0 Å². The van der Waals surface area contributed by atoms with Gasteiger partial charge < -0.3 is 11.1 Å². The molecule has 1 rings (SSSR count). The van der Waals surface area contributed by atoms with E-state index in [1.54, 1.807) is 0 Å². The van der Waals surface area contributed by atoms with Crippen molar-refractivity contribution in [3.05, 3.63) is 29.6 Å². The Kier molecular flexibility index (Phi) is 4.72. The van der Waals surface area contributed by atoms with Crippen molar-refractivity contribution in [1.29, 1.82) is 0 Å². The molecule has 0 aromatic heterocycles. The van der Waals surface area contributed by atoms with E-state index in [-0.39, 0.29) is 5.92 Å². The fraction of sp³-hybridized carbons (Fsp3) is 0.417. The zero-order valence-corrected chi connectivity index (χ0v) is 10.1. The molecule has 0 unspecified atom stereocenters. The quantitative estimate of drug-likeness (QED) is 0.873. The second kappa shape index (κ2) is 5.86. The van der Waals surface area contributed by atoms with Gasteiger partial charge in [0.15, 0.2) is 11.6 Å². The van der Waals surface area contributed by atoms with Crippen LogP contribution in [0.15, 0.2) is 12.1 Å². The van der Waals surface area contributed by atoms with E-state index in [0.717, 1.165) is 0 Å². The lowest BCUT2D eigenvalue weighted by Gasteiger charge is -2.14. The van der Waals surface area contributed by atoms with Crippen molar-refractivity contribution < 1.29 is 18.0 Å². The molecule has 1 atom stereocenters. The largest absolute Gasteiger partial charge is 0.320 e. The van der Waals surface area contributed by atoms with Crippen LogP contribution in [0.2, 0.25) is 0 Å². The zero-order valence-electron chi connectivity index (χ0n) is 10.1. The summed E-state index contributed by atoms with van der Waals surface area (Å²) in [6.07, 6.45) is 0.385. The molecule has 0 saturated carbocycles. The smallest absolute Gasteiger partial charge is 0.241 e. The van der Waals surface area contributed by atoms with Gasteiger partial charge in [-0.2, -0.15) is 0 Å². The summed E-state index contributed by atoms with van der Waals surface area (Å²) in [5.74, 6) is -3.91. The van der Waals surface area contributed by atoms with Gasteiger partial charge in [-0.05, 0) is 12.3 Å². The molecular weight excluding hydrogens is 245 g/mol. The molecule has 6 heteroatoms. The Labute approximate surface area is 103 Å². The summed E-state index contributed by atoms with van der Waals surface area (Å²) in [7, 11) is 0. The van der Waals surface area contributed by atoms with E-state index in [0.29, 0.717) is 18.6 Å². The van der Waals surface area contributed by atoms with Crippen molar-refractivity contribution in [2.75, 3.05) is 5.32 Å². The van der Waals surface area contributed by atoms with Gasteiger partial charge in [-0.25, -0.2) is 13.2 Å². The number of carbonyl (C=O) groups excluding carboxylic acids is 1. The second-order valence-electron chi connectivity index (χ2n) is 4.47. The Bertz CT molecular complexity index is 426. The topological polar surface area (TPSA) is 55.1 Å². The molecule has 1 amide bonds. The molecule has 18 heavy (non-hydrogen) atoms. The van der Waals surface area contributed by atoms with Gasteiger partial charge >= 0.3 is 0 Å². The lowest BCUT2D eigenvalue weighted by atomic mass is 10.0. The zero-order chi connectivity index (χ0) is 13.9. The third-order valence-corrected chi connectivity index (χ3v) is 2.32. The minimum absolute atomic E-state index is 0.175. The Morgan fingerprint density at radius 3 is 2.22 bits per heavy atom. The number of benzene rings is 1. The Hall–Kier alpha value is -1.56. The fourth-order valence-corrected chi connectivity index (χ4v) is 1.49. The SMILES string of the molecule is CC(C)C[C@H](N)C(=O)Nc1c(F)cc(F)cc1F. The standard InChI is InChI=1S/C12H15F3N2O/c1-6(2)3-10(16)12(18)17-11-8(14)4-7(13)5-9(11)15/h4-6,10H,3,16H2,1-2H3,(H,17,18)/t10-/m0/s1. The highest BCUT2D eigenvalue weighted by atomic mass is 19.1. The van der Waals surface area contributed by atoms with Crippen LogP contribution in [0.25, 0.3) is 0 Å². The number of hydrogen-bond donors (Lipinski definition) is 2. The van der Waals surface area contributed by atoms with Gasteiger partial charge in [0.2, 0.25) is 5.91 Å². The Morgan fingerprint density at radius 2 is 1.78 bits per heavy atom. The summed E-state index contributed by atoms with van der Waals surface area (Å²) in [5.41, 5.74) is 4.89. The summed E-state index contributed by atoms with van der Waals surface area (Å²) in [6, 6.07) is 0.119. The van der Waals surface area contributed by atoms with Crippen LogP contribution in [-0.4, -0.2) is 11.9 Å². The maximum atomic E-state index is 13.3. The Morgan fingerprint density at radius 1 is 1.28 bits per heavy atom. The van der Waals surface area contributed by atoms with Crippen molar-refractivity contribution >= 4 is 11.6 Å². The second-order valence-corrected chi connectivity index (χ2v) is 4.47. The van der Waals surface area contributed by atoms with Crippen molar-refractivity contribution in [3.63, 3.8) is 0 Å². The number of carbonyl (C=O) groups is 1. The van der Waals surface area contributed by atoms with E-state index in [9.17, 15) is 18.0 Å². The van der Waals surface area contributed by atoms with Gasteiger partial charge in [0, 0.05) is 12.1 Å². The van der Waals surface area contributed by atoms with Crippen LogP contribution in [0.4, 0.5) is 18.9 Å². The molecule has 3 nitrogen and oxygen atoms in total. The third kappa shape index (κ3) is 3.73. The average molecular weight is 260 g/mol. The van der Waals surface area contributed by atoms with Crippen molar-refractivity contribution in [1.82, 2.24) is 0 Å². The minimum atomic E-state index is -1.17. The molecule has 1 aromatic rings. The highest BCUT2D eigenvalue weighted by molar-refractivity contribution is 5.94. The minimum Gasteiger partial charge on any atom is -0.320 e. The number of hydrogen-bond acceptors (Lipinski definition) is 2. The highest BCUT2D eigenvalue weighted by Crippen LogP contribution is 2.20. The first kappa shape index (κ1) is 14.5. The fourth-order valence-electron chi connectivity index (χ4n) is 1.49. The average Bonchev–Trinajstić information content (AvgIpc) is 2.21. The van der Waals surface area contributed by atoms with E-state index < -0.39 is 35.1 Å². The summed E-state index contributed by atoms with van der Waals surface area (Å²) in [6.45, 7) is 3.73. The first-order valence-electron chi connectivity index (χ1n) is 5.52. The van der Waals surface area contributed by atoms with Crippen LogP contribution < -0.4 is 11.1 Å². The van der Waals surface area contributed by atoms with Crippen LogP contribution in [-0.2, 0) is 4.79 Å². The molecule has 0 aliphatic rings. The number of anilines is 1. The molecule has 3 N–H and O–H groups in total. The van der Waals surface area contributed by atoms with Crippen LogP contribution >= 0.6 is 0 Å². The monoisotopic (exact) mass is 260 g/mol. The lowest BCUT2D eigenvalue weighted by molar-refractivity contribution is -0.117. The van der Waals surface area contributed by atoms with Crippen LogP contribution in [0, 0.1) is 23.4 Å². The van der Waals surface area contributed by atoms with Crippen LogP contribution in [0.1, 0.15) is 20.3 Å². The normalized spacial score (nSPS) is 12.6. The molecular formula is C12H15F3N2O. The summed E-state index contributed by atoms with van der Waals surface area (Å²) < 4.78 is 39.2. The van der Waals surface area contributed by atoms with Crippen molar-refractivity contribution in [2.24, 2.45) is 11.7 Å². The maximum Gasteiger partial charge on any atom is 0.241 e. The van der Waals surface area contributed by atoms with E-state index in [2.05, 4.69) is 0 Å². The number of amides is 1. The summed E-state index contributed by atoms with van der Waals surface area (Å²) in [5, 5.41) is 2.03. The van der Waals surface area contributed by atoms with E-state index in [4.69, 9.17) is 5.73 Å². The number of nitrogens with two attached hydrogens (primary N) is 1. The third-order valence-electron chi connectivity index (χ3n) is 2.32. The first-order valence-corrected chi connectivity index (χ1v) is 5.52. The predicted molar refractivity (Wildman–Crippen MR) is 62.4 cm³/mol. The van der Waals surface area contributed by atoms with Crippen molar-refractivity contribution in [2.45, 2.75) is 26.3 Å². The highest BCUT2D eigenvalue weighted by Gasteiger charge is 2.19. The molecule has 0 spiro atoms. The molecule has 1 aromatic carbocycles. The van der Waals surface area contributed by atoms with E-state index in [1.165, 1.54) is 0 Å². The Balaban J connectivity index is 2.82. The van der Waals surface area contributed by atoms with Gasteiger partial charge in [-0.1, -0.05) is 13.8 Å². The molecule has 0 radical (unpaired) electrons. The lowest BCUT2D eigenvalue weighted by Crippen LogP contribution is -2.37. The maximum absolute atomic E-state index is 13.3. The van der Waals surface area contributed by atoms with Crippen molar-refractivity contribution in [3.8, 4) is 0 Å². The van der Waals surface area contributed by atoms with Gasteiger partial charge in [0.05, 0.1) is 6.04 Å². The van der Waals surface area contributed by atoms with Crippen LogP contribution in [0.5, 0.6) is 0 Å². The molecule has 0 saturated heterocycles. The van der Waals surface area contributed by atoms with Gasteiger partial charge in [0.1, 0.15) is 11.5 Å². The van der Waals surface area contributed by atoms with Gasteiger partial charge in [-0.15, -0.1) is 0 Å². The first-order chi connectivity index (χ1) is 8.31. The number of rotatable bonds is 4. The molecule has 0 bridgehead atoms. The van der Waals surface area contributed by atoms with Gasteiger partial charge in [-0.3, -0.25) is 4.79 Å². The summed E-state index contributed by atoms with van der Waals surface area (Å²) in [4.78, 5) is 11.6.